The van der Waals surface area contributed by atoms with Crippen molar-refractivity contribution in [1.29, 1.82) is 0 Å². The second-order valence-corrected chi connectivity index (χ2v) is 7.39. The van der Waals surface area contributed by atoms with E-state index < -0.39 is 5.82 Å². The van der Waals surface area contributed by atoms with Crippen LogP contribution in [0.4, 0.5) is 4.39 Å². The minimum absolute atomic E-state index is 0.121. The molecule has 1 aliphatic heterocycles. The predicted molar refractivity (Wildman–Crippen MR) is 107 cm³/mol. The summed E-state index contributed by atoms with van der Waals surface area (Å²) in [6.07, 6.45) is 6.46. The first-order valence-electron chi connectivity index (χ1n) is 9.92. The average molecular weight is 384 g/mol. The molecule has 0 unspecified atom stereocenters. The molecular formula is C21H25FN4O2. The number of fused-ring (bicyclic) bond motifs is 3. The molecule has 0 atom stereocenters. The van der Waals surface area contributed by atoms with Crippen LogP contribution in [-0.4, -0.2) is 46.0 Å². The monoisotopic (exact) mass is 384 g/mol. The first-order chi connectivity index (χ1) is 13.6. The Hall–Kier alpha value is -2.67. The Morgan fingerprint density at radius 3 is 2.71 bits per heavy atom. The van der Waals surface area contributed by atoms with Gasteiger partial charge in [-0.3, -0.25) is 14.2 Å². The van der Waals surface area contributed by atoms with E-state index >= 15 is 0 Å². The number of carbonyl (C=O) groups is 1. The van der Waals surface area contributed by atoms with Gasteiger partial charge in [0.15, 0.2) is 0 Å². The van der Waals surface area contributed by atoms with Gasteiger partial charge in [0.2, 0.25) is 5.91 Å². The van der Waals surface area contributed by atoms with Gasteiger partial charge in [-0.25, -0.2) is 4.39 Å². The van der Waals surface area contributed by atoms with Crippen molar-refractivity contribution in [3.63, 3.8) is 0 Å². The average Bonchev–Trinajstić information content (AvgIpc) is 3.19. The summed E-state index contributed by atoms with van der Waals surface area (Å²) < 4.78 is 16.9. The number of piperidine rings is 1. The van der Waals surface area contributed by atoms with Crippen LogP contribution in [-0.2, 0) is 11.3 Å². The molecule has 1 fully saturated rings. The van der Waals surface area contributed by atoms with Crippen molar-refractivity contribution in [3.8, 4) is 0 Å². The molecule has 4 rings (SSSR count). The maximum absolute atomic E-state index is 13.8. The number of likely N-dealkylation sites (tertiary alicyclic amines) is 1. The van der Waals surface area contributed by atoms with Crippen LogP contribution in [0.3, 0.4) is 0 Å². The molecule has 1 aromatic carbocycles. The maximum atomic E-state index is 13.8. The summed E-state index contributed by atoms with van der Waals surface area (Å²) in [4.78, 5) is 27.7. The van der Waals surface area contributed by atoms with Crippen molar-refractivity contribution in [1.82, 2.24) is 19.2 Å². The topological polar surface area (TPSA) is 58.8 Å². The van der Waals surface area contributed by atoms with Crippen molar-refractivity contribution in [2.24, 2.45) is 0 Å². The van der Waals surface area contributed by atoms with Crippen LogP contribution in [0.2, 0.25) is 0 Å². The lowest BCUT2D eigenvalue weighted by Crippen LogP contribution is -2.36. The van der Waals surface area contributed by atoms with Crippen molar-refractivity contribution >= 4 is 22.5 Å². The maximum Gasteiger partial charge on any atom is 0.275 e. The van der Waals surface area contributed by atoms with E-state index in [2.05, 4.69) is 10.2 Å². The van der Waals surface area contributed by atoms with E-state index in [1.54, 1.807) is 28.8 Å². The third kappa shape index (κ3) is 3.80. The lowest BCUT2D eigenvalue weighted by atomic mass is 10.1. The smallest absolute Gasteiger partial charge is 0.275 e. The van der Waals surface area contributed by atoms with Gasteiger partial charge in [0.25, 0.3) is 5.56 Å². The zero-order valence-electron chi connectivity index (χ0n) is 15.9. The summed E-state index contributed by atoms with van der Waals surface area (Å²) >= 11 is 0. The van der Waals surface area contributed by atoms with Crippen LogP contribution in [0.1, 0.15) is 25.7 Å². The molecule has 0 radical (unpaired) electrons. The van der Waals surface area contributed by atoms with Crippen molar-refractivity contribution in [2.45, 2.75) is 32.2 Å². The molecule has 2 aromatic heterocycles. The normalized spacial score (nSPS) is 15.3. The molecule has 1 aliphatic rings. The number of halogens is 1. The van der Waals surface area contributed by atoms with E-state index in [-0.39, 0.29) is 18.0 Å². The minimum atomic E-state index is -0.436. The number of carbonyl (C=O) groups excluding carboxylic acids is 1. The van der Waals surface area contributed by atoms with E-state index in [1.165, 1.54) is 36.0 Å². The Balaban J connectivity index is 1.47. The Kier molecular flexibility index (Phi) is 5.43. The Labute approximate surface area is 162 Å². The fourth-order valence-electron chi connectivity index (χ4n) is 4.00. The third-order valence-electron chi connectivity index (χ3n) is 5.42. The molecule has 148 valence electrons. The first-order valence-corrected chi connectivity index (χ1v) is 9.92. The summed E-state index contributed by atoms with van der Waals surface area (Å²) in [6, 6.07) is 7.77. The zero-order chi connectivity index (χ0) is 19.5. The number of hydrogen-bond acceptors (Lipinski definition) is 3. The molecule has 0 aliphatic carbocycles. The molecule has 7 heteroatoms. The van der Waals surface area contributed by atoms with Crippen molar-refractivity contribution < 1.29 is 9.18 Å². The molecule has 6 nitrogen and oxygen atoms in total. The molecule has 3 heterocycles. The van der Waals surface area contributed by atoms with E-state index in [1.807, 2.05) is 0 Å². The Bertz CT molecular complexity index is 1050. The van der Waals surface area contributed by atoms with Crippen LogP contribution in [0.15, 0.2) is 41.3 Å². The highest BCUT2D eigenvalue weighted by molar-refractivity contribution is 5.82. The SMILES string of the molecule is O=C(Cn1c(=O)c2cccn2c2ccc(F)cc21)NCCCN1CCCCC1. The molecule has 0 spiro atoms. The van der Waals surface area contributed by atoms with Gasteiger partial charge in [0.1, 0.15) is 17.9 Å². The minimum Gasteiger partial charge on any atom is -0.355 e. The van der Waals surface area contributed by atoms with Gasteiger partial charge in [-0.15, -0.1) is 0 Å². The van der Waals surface area contributed by atoms with E-state index in [9.17, 15) is 14.0 Å². The van der Waals surface area contributed by atoms with Gasteiger partial charge in [0.05, 0.1) is 11.0 Å². The summed E-state index contributed by atoms with van der Waals surface area (Å²) in [5, 5.41) is 2.89. The number of rotatable bonds is 6. The summed E-state index contributed by atoms with van der Waals surface area (Å²) in [7, 11) is 0. The second-order valence-electron chi connectivity index (χ2n) is 7.39. The van der Waals surface area contributed by atoms with Crippen LogP contribution in [0, 0.1) is 5.82 Å². The van der Waals surface area contributed by atoms with Gasteiger partial charge in [-0.2, -0.15) is 0 Å². The third-order valence-corrected chi connectivity index (χ3v) is 5.42. The number of nitrogens with zero attached hydrogens (tertiary/aromatic N) is 3. The van der Waals surface area contributed by atoms with E-state index in [4.69, 9.17) is 0 Å². The fraction of sp³-hybridized carbons (Fsp3) is 0.429. The van der Waals surface area contributed by atoms with Crippen LogP contribution < -0.4 is 10.9 Å². The molecule has 1 saturated heterocycles. The summed E-state index contributed by atoms with van der Waals surface area (Å²) in [5.74, 6) is -0.670. The molecular weight excluding hydrogens is 359 g/mol. The molecule has 28 heavy (non-hydrogen) atoms. The van der Waals surface area contributed by atoms with E-state index in [0.29, 0.717) is 23.1 Å². The standard InChI is InChI=1S/C21H25FN4O2/c22-16-7-8-17-19(14-16)26(21(28)18-6-4-13-25(17)18)15-20(27)23-9-5-12-24-10-2-1-3-11-24/h4,6-8,13-14H,1-3,5,9-12,15H2,(H,23,27). The fourth-order valence-corrected chi connectivity index (χ4v) is 4.00. The Morgan fingerprint density at radius 2 is 1.89 bits per heavy atom. The summed E-state index contributed by atoms with van der Waals surface area (Å²) in [5.41, 5.74) is 1.28. The highest BCUT2D eigenvalue weighted by Crippen LogP contribution is 2.16. The number of hydrogen-bond donors (Lipinski definition) is 1. The highest BCUT2D eigenvalue weighted by atomic mass is 19.1. The molecule has 1 N–H and O–H groups in total. The Morgan fingerprint density at radius 1 is 1.07 bits per heavy atom. The van der Waals surface area contributed by atoms with Gasteiger partial charge < -0.3 is 14.6 Å². The largest absolute Gasteiger partial charge is 0.355 e. The van der Waals surface area contributed by atoms with Crippen LogP contribution in [0.25, 0.3) is 16.6 Å². The molecule has 1 amide bonds. The van der Waals surface area contributed by atoms with Crippen LogP contribution in [0.5, 0.6) is 0 Å². The van der Waals surface area contributed by atoms with Gasteiger partial charge in [-0.1, -0.05) is 6.42 Å². The molecule has 0 saturated carbocycles. The molecule has 3 aromatic rings. The predicted octanol–water partition coefficient (Wildman–Crippen LogP) is 2.39. The quantitative estimate of drug-likeness (QED) is 0.664. The van der Waals surface area contributed by atoms with E-state index in [0.717, 1.165) is 26.1 Å². The summed E-state index contributed by atoms with van der Waals surface area (Å²) in [6.45, 7) is 3.70. The van der Waals surface area contributed by atoms with Gasteiger partial charge >= 0.3 is 0 Å². The highest BCUT2D eigenvalue weighted by Gasteiger charge is 2.14. The number of nitrogens with one attached hydrogen (secondary N) is 1. The number of amides is 1. The van der Waals surface area contributed by atoms with Gasteiger partial charge in [0, 0.05) is 12.7 Å². The van der Waals surface area contributed by atoms with Crippen molar-refractivity contribution in [3.05, 3.63) is 52.7 Å². The second kappa shape index (κ2) is 8.14. The van der Waals surface area contributed by atoms with Gasteiger partial charge in [-0.05, 0) is 69.2 Å². The van der Waals surface area contributed by atoms with Crippen LogP contribution >= 0.6 is 0 Å². The number of aromatic nitrogens is 2. The zero-order valence-corrected chi connectivity index (χ0v) is 15.9. The lowest BCUT2D eigenvalue weighted by Gasteiger charge is -2.26. The first kappa shape index (κ1) is 18.7. The molecule has 0 bridgehead atoms. The van der Waals surface area contributed by atoms with Crippen molar-refractivity contribution in [2.75, 3.05) is 26.2 Å². The lowest BCUT2D eigenvalue weighted by molar-refractivity contribution is -0.121. The number of benzene rings is 1.